The van der Waals surface area contributed by atoms with Crippen LogP contribution in [-0.2, 0) is 4.79 Å². The molecular formula is C14H21NO2S. The van der Waals surface area contributed by atoms with E-state index in [4.69, 9.17) is 5.11 Å². The quantitative estimate of drug-likeness (QED) is 0.744. The van der Waals surface area contributed by atoms with Crippen LogP contribution in [0.5, 0.6) is 0 Å². The number of nitrogens with one attached hydrogen (secondary N) is 1. The van der Waals surface area contributed by atoms with Gasteiger partial charge < -0.3 is 10.4 Å². The number of carbonyl (C=O) groups is 1. The first-order valence-corrected chi connectivity index (χ1v) is 7.37. The van der Waals surface area contributed by atoms with Crippen molar-refractivity contribution in [3.05, 3.63) is 29.8 Å². The summed E-state index contributed by atoms with van der Waals surface area (Å²) in [6.45, 7) is 4.13. The maximum atomic E-state index is 10.5. The Morgan fingerprint density at radius 3 is 2.44 bits per heavy atom. The summed E-state index contributed by atoms with van der Waals surface area (Å²) in [6, 6.07) is 8.90. The Morgan fingerprint density at radius 1 is 1.33 bits per heavy atom. The molecule has 0 heterocycles. The molecule has 0 bridgehead atoms. The van der Waals surface area contributed by atoms with Crippen molar-refractivity contribution >= 4 is 17.7 Å². The van der Waals surface area contributed by atoms with E-state index in [1.54, 1.807) is 11.8 Å². The van der Waals surface area contributed by atoms with Gasteiger partial charge in [0.15, 0.2) is 0 Å². The molecule has 2 unspecified atom stereocenters. The summed E-state index contributed by atoms with van der Waals surface area (Å²) < 4.78 is 0. The highest BCUT2D eigenvalue weighted by molar-refractivity contribution is 7.98. The summed E-state index contributed by atoms with van der Waals surface area (Å²) in [5.74, 6) is -0.736. The van der Waals surface area contributed by atoms with Gasteiger partial charge >= 0.3 is 5.97 Å². The Balaban J connectivity index is 2.47. The van der Waals surface area contributed by atoms with Crippen LogP contribution in [0, 0.1) is 0 Å². The zero-order valence-corrected chi connectivity index (χ0v) is 12.0. The van der Waals surface area contributed by atoms with E-state index in [0.29, 0.717) is 6.42 Å². The topological polar surface area (TPSA) is 49.3 Å². The zero-order chi connectivity index (χ0) is 13.5. The fourth-order valence-corrected chi connectivity index (χ4v) is 2.25. The number of thioether (sulfide) groups is 1. The average molecular weight is 267 g/mol. The Labute approximate surface area is 113 Å². The molecule has 1 aromatic carbocycles. The standard InChI is InChI=1S/C14H21NO2S/c1-10(4-9-14(16)17)15-11(2)12-5-7-13(18-3)8-6-12/h5-8,10-11,15H,4,9H2,1-3H3,(H,16,17). The Bertz CT molecular complexity index is 378. The lowest BCUT2D eigenvalue weighted by Gasteiger charge is -2.20. The molecule has 100 valence electrons. The second-order valence-corrected chi connectivity index (χ2v) is 5.37. The number of carboxylic acids is 1. The van der Waals surface area contributed by atoms with Crippen molar-refractivity contribution in [1.82, 2.24) is 5.32 Å². The van der Waals surface area contributed by atoms with Gasteiger partial charge in [-0.1, -0.05) is 12.1 Å². The minimum atomic E-state index is -0.736. The highest BCUT2D eigenvalue weighted by Crippen LogP contribution is 2.19. The predicted molar refractivity (Wildman–Crippen MR) is 76.1 cm³/mol. The minimum Gasteiger partial charge on any atom is -0.481 e. The second-order valence-electron chi connectivity index (χ2n) is 4.49. The Kier molecular flexibility index (Phi) is 6.22. The number of hydrogen-bond acceptors (Lipinski definition) is 3. The molecular weight excluding hydrogens is 246 g/mol. The van der Waals surface area contributed by atoms with E-state index in [0.717, 1.165) is 0 Å². The van der Waals surface area contributed by atoms with Crippen LogP contribution in [0.25, 0.3) is 0 Å². The van der Waals surface area contributed by atoms with Crippen LogP contribution in [0.15, 0.2) is 29.2 Å². The molecule has 2 N–H and O–H groups in total. The maximum absolute atomic E-state index is 10.5. The maximum Gasteiger partial charge on any atom is 0.303 e. The summed E-state index contributed by atoms with van der Waals surface area (Å²) in [6.07, 6.45) is 2.93. The van der Waals surface area contributed by atoms with Gasteiger partial charge in [-0.2, -0.15) is 0 Å². The van der Waals surface area contributed by atoms with E-state index in [9.17, 15) is 4.79 Å². The summed E-state index contributed by atoms with van der Waals surface area (Å²) in [5, 5.41) is 12.1. The minimum absolute atomic E-state index is 0.205. The SMILES string of the molecule is CSc1ccc(C(C)NC(C)CCC(=O)O)cc1. The first-order chi connectivity index (χ1) is 8.52. The molecule has 0 aliphatic rings. The van der Waals surface area contributed by atoms with Crippen molar-refractivity contribution in [2.45, 2.75) is 43.7 Å². The number of carboxylic acid groups (broad SMARTS) is 1. The van der Waals surface area contributed by atoms with Gasteiger partial charge in [-0.05, 0) is 44.2 Å². The molecule has 4 heteroatoms. The summed E-state index contributed by atoms with van der Waals surface area (Å²) in [4.78, 5) is 11.8. The van der Waals surface area contributed by atoms with Crippen molar-refractivity contribution in [2.24, 2.45) is 0 Å². The normalized spacial score (nSPS) is 14.2. The average Bonchev–Trinajstić information content (AvgIpc) is 2.36. The van der Waals surface area contributed by atoms with Crippen LogP contribution in [0.4, 0.5) is 0 Å². The summed E-state index contributed by atoms with van der Waals surface area (Å²) in [7, 11) is 0. The van der Waals surface area contributed by atoms with Gasteiger partial charge in [0.2, 0.25) is 0 Å². The van der Waals surface area contributed by atoms with Crippen LogP contribution < -0.4 is 5.32 Å². The van der Waals surface area contributed by atoms with E-state index < -0.39 is 5.97 Å². The largest absolute Gasteiger partial charge is 0.481 e. The third-order valence-electron chi connectivity index (χ3n) is 2.94. The van der Waals surface area contributed by atoms with E-state index in [1.807, 2.05) is 6.92 Å². The van der Waals surface area contributed by atoms with Gasteiger partial charge in [0.25, 0.3) is 0 Å². The van der Waals surface area contributed by atoms with Gasteiger partial charge in [-0.25, -0.2) is 0 Å². The highest BCUT2D eigenvalue weighted by atomic mass is 32.2. The van der Waals surface area contributed by atoms with E-state index in [1.165, 1.54) is 10.5 Å². The molecule has 0 aromatic heterocycles. The van der Waals surface area contributed by atoms with Gasteiger partial charge in [0, 0.05) is 23.4 Å². The third-order valence-corrected chi connectivity index (χ3v) is 3.69. The molecule has 0 fully saturated rings. The number of rotatable bonds is 7. The van der Waals surface area contributed by atoms with Gasteiger partial charge in [0.1, 0.15) is 0 Å². The van der Waals surface area contributed by atoms with Crippen molar-refractivity contribution in [3.63, 3.8) is 0 Å². The molecule has 0 amide bonds. The van der Waals surface area contributed by atoms with Crippen molar-refractivity contribution in [3.8, 4) is 0 Å². The molecule has 0 spiro atoms. The molecule has 18 heavy (non-hydrogen) atoms. The van der Waals surface area contributed by atoms with Crippen LogP contribution in [-0.4, -0.2) is 23.4 Å². The number of aliphatic carboxylic acids is 1. The second kappa shape index (κ2) is 7.44. The van der Waals surface area contributed by atoms with Gasteiger partial charge in [-0.3, -0.25) is 4.79 Å². The van der Waals surface area contributed by atoms with Crippen LogP contribution in [0.1, 0.15) is 38.3 Å². The Hall–Kier alpha value is -1.00. The molecule has 2 atom stereocenters. The molecule has 0 saturated heterocycles. The van der Waals surface area contributed by atoms with Crippen molar-refractivity contribution in [2.75, 3.05) is 6.26 Å². The molecule has 0 radical (unpaired) electrons. The molecule has 0 aliphatic carbocycles. The van der Waals surface area contributed by atoms with Crippen molar-refractivity contribution in [1.29, 1.82) is 0 Å². The Morgan fingerprint density at radius 2 is 1.94 bits per heavy atom. The van der Waals surface area contributed by atoms with E-state index in [-0.39, 0.29) is 18.5 Å². The summed E-state index contributed by atoms with van der Waals surface area (Å²) in [5.41, 5.74) is 1.23. The van der Waals surface area contributed by atoms with E-state index in [2.05, 4.69) is 42.8 Å². The van der Waals surface area contributed by atoms with E-state index >= 15 is 0 Å². The first-order valence-electron chi connectivity index (χ1n) is 6.14. The lowest BCUT2D eigenvalue weighted by Crippen LogP contribution is -2.29. The molecule has 1 aromatic rings. The van der Waals surface area contributed by atoms with Crippen LogP contribution in [0.2, 0.25) is 0 Å². The first kappa shape index (κ1) is 15.1. The van der Waals surface area contributed by atoms with Crippen LogP contribution >= 0.6 is 11.8 Å². The van der Waals surface area contributed by atoms with Gasteiger partial charge in [0.05, 0.1) is 0 Å². The third kappa shape index (κ3) is 5.10. The fourth-order valence-electron chi connectivity index (χ4n) is 1.84. The van der Waals surface area contributed by atoms with Gasteiger partial charge in [-0.15, -0.1) is 11.8 Å². The number of hydrogen-bond donors (Lipinski definition) is 2. The summed E-state index contributed by atoms with van der Waals surface area (Å²) >= 11 is 1.73. The zero-order valence-electron chi connectivity index (χ0n) is 11.1. The molecule has 3 nitrogen and oxygen atoms in total. The highest BCUT2D eigenvalue weighted by Gasteiger charge is 2.10. The molecule has 0 saturated carbocycles. The molecule has 1 rings (SSSR count). The smallest absolute Gasteiger partial charge is 0.303 e. The lowest BCUT2D eigenvalue weighted by atomic mass is 10.1. The monoisotopic (exact) mass is 267 g/mol. The lowest BCUT2D eigenvalue weighted by molar-refractivity contribution is -0.137. The fraction of sp³-hybridized carbons (Fsp3) is 0.500. The van der Waals surface area contributed by atoms with Crippen LogP contribution in [0.3, 0.4) is 0 Å². The van der Waals surface area contributed by atoms with Crippen molar-refractivity contribution < 1.29 is 9.90 Å². The predicted octanol–water partition coefficient (Wildman–Crippen LogP) is 3.31. The molecule has 0 aliphatic heterocycles. The number of benzene rings is 1.